The zero-order chi connectivity index (χ0) is 17.0. The molecule has 2 aromatic rings. The van der Waals surface area contributed by atoms with Gasteiger partial charge in [0.05, 0.1) is 23.3 Å². The molecule has 2 rings (SSSR count). The maximum Gasteiger partial charge on any atom is 0.224 e. The second-order valence-corrected chi connectivity index (χ2v) is 7.80. The Kier molecular flexibility index (Phi) is 5.20. The lowest BCUT2D eigenvalue weighted by Gasteiger charge is -2.14. The van der Waals surface area contributed by atoms with Gasteiger partial charge in [0, 0.05) is 19.3 Å². The Morgan fingerprint density at radius 3 is 2.52 bits per heavy atom. The van der Waals surface area contributed by atoms with Crippen molar-refractivity contribution >= 4 is 15.7 Å². The summed E-state index contributed by atoms with van der Waals surface area (Å²) in [7, 11) is -1.65. The molecule has 0 fully saturated rings. The fourth-order valence-electron chi connectivity index (χ4n) is 2.29. The highest BCUT2D eigenvalue weighted by Crippen LogP contribution is 2.13. The molecule has 0 saturated heterocycles. The van der Waals surface area contributed by atoms with Gasteiger partial charge >= 0.3 is 0 Å². The van der Waals surface area contributed by atoms with Crippen molar-refractivity contribution in [1.82, 2.24) is 15.1 Å². The summed E-state index contributed by atoms with van der Waals surface area (Å²) >= 11 is 0. The van der Waals surface area contributed by atoms with Crippen molar-refractivity contribution < 1.29 is 13.2 Å². The van der Waals surface area contributed by atoms with Crippen LogP contribution in [0.3, 0.4) is 0 Å². The lowest BCUT2D eigenvalue weighted by atomic mass is 10.2. The molecule has 0 radical (unpaired) electrons. The Morgan fingerprint density at radius 2 is 1.96 bits per heavy atom. The normalized spacial score (nSPS) is 12.8. The van der Waals surface area contributed by atoms with Gasteiger partial charge in [0.2, 0.25) is 5.91 Å². The molecule has 1 N–H and O–H groups in total. The third-order valence-corrected chi connectivity index (χ3v) is 5.31. The predicted molar refractivity (Wildman–Crippen MR) is 87.7 cm³/mol. The minimum absolute atomic E-state index is 0.130. The number of aryl methyl sites for hydroxylation is 2. The van der Waals surface area contributed by atoms with Crippen LogP contribution in [0.5, 0.6) is 0 Å². The number of benzene rings is 1. The van der Waals surface area contributed by atoms with E-state index >= 15 is 0 Å². The Morgan fingerprint density at radius 1 is 1.30 bits per heavy atom. The van der Waals surface area contributed by atoms with Crippen LogP contribution < -0.4 is 5.32 Å². The third-order valence-electron chi connectivity index (χ3n) is 3.38. The molecule has 7 heteroatoms. The van der Waals surface area contributed by atoms with Crippen molar-refractivity contribution in [3.8, 4) is 0 Å². The van der Waals surface area contributed by atoms with E-state index in [1.54, 1.807) is 55.3 Å². The molecule has 1 aromatic carbocycles. The van der Waals surface area contributed by atoms with E-state index in [4.69, 9.17) is 0 Å². The van der Waals surface area contributed by atoms with E-state index in [1.807, 2.05) is 6.92 Å². The van der Waals surface area contributed by atoms with Crippen LogP contribution in [-0.2, 0) is 28.1 Å². The number of nitrogens with zero attached hydrogens (tertiary/aromatic N) is 2. The molecular weight excluding hydrogens is 314 g/mol. The van der Waals surface area contributed by atoms with Crippen molar-refractivity contribution in [3.63, 3.8) is 0 Å². The molecule has 1 heterocycles. The predicted octanol–water partition coefficient (Wildman–Crippen LogP) is 1.25. The zero-order valence-electron chi connectivity index (χ0n) is 13.5. The number of hydrogen-bond donors (Lipinski definition) is 1. The quantitative estimate of drug-likeness (QED) is 0.861. The summed E-state index contributed by atoms with van der Waals surface area (Å²) in [6, 6.07) is 6.24. The Labute approximate surface area is 136 Å². The first kappa shape index (κ1) is 17.2. The van der Waals surface area contributed by atoms with E-state index in [0.717, 1.165) is 11.1 Å². The number of aromatic nitrogens is 2. The molecule has 0 aliphatic carbocycles. The van der Waals surface area contributed by atoms with Crippen molar-refractivity contribution in [1.29, 1.82) is 0 Å². The smallest absolute Gasteiger partial charge is 0.224 e. The molecule has 0 bridgehead atoms. The van der Waals surface area contributed by atoms with Crippen molar-refractivity contribution in [3.05, 3.63) is 47.8 Å². The summed E-state index contributed by atoms with van der Waals surface area (Å²) in [5, 5.41) is 6.72. The zero-order valence-corrected chi connectivity index (χ0v) is 14.3. The average Bonchev–Trinajstić information content (AvgIpc) is 2.83. The van der Waals surface area contributed by atoms with Crippen LogP contribution in [0.25, 0.3) is 0 Å². The summed E-state index contributed by atoms with van der Waals surface area (Å²) in [5.74, 6) is -0.348. The van der Waals surface area contributed by atoms with Crippen LogP contribution in [0.2, 0.25) is 0 Å². The van der Waals surface area contributed by atoms with E-state index in [0.29, 0.717) is 0 Å². The van der Waals surface area contributed by atoms with Gasteiger partial charge in [0.25, 0.3) is 0 Å². The van der Waals surface area contributed by atoms with Crippen molar-refractivity contribution in [2.45, 2.75) is 31.2 Å². The second-order valence-electron chi connectivity index (χ2n) is 5.76. The lowest BCUT2D eigenvalue weighted by molar-refractivity contribution is -0.120. The highest BCUT2D eigenvalue weighted by molar-refractivity contribution is 7.91. The van der Waals surface area contributed by atoms with Crippen LogP contribution in [-0.4, -0.2) is 35.9 Å². The first-order valence-corrected chi connectivity index (χ1v) is 8.98. The number of carbonyl (C=O) groups is 1. The second kappa shape index (κ2) is 6.95. The van der Waals surface area contributed by atoms with Crippen LogP contribution in [0.15, 0.2) is 41.6 Å². The van der Waals surface area contributed by atoms with Gasteiger partial charge in [-0.25, -0.2) is 8.42 Å². The topological polar surface area (TPSA) is 81.1 Å². The minimum atomic E-state index is -3.42. The van der Waals surface area contributed by atoms with E-state index in [9.17, 15) is 13.2 Å². The van der Waals surface area contributed by atoms with E-state index in [2.05, 4.69) is 10.4 Å². The summed E-state index contributed by atoms with van der Waals surface area (Å²) in [6.45, 7) is 3.59. The maximum atomic E-state index is 12.3. The van der Waals surface area contributed by atoms with Crippen LogP contribution in [0.4, 0.5) is 0 Å². The molecule has 0 saturated carbocycles. The Hall–Kier alpha value is -2.15. The molecule has 6 nitrogen and oxygen atoms in total. The molecule has 0 spiro atoms. The van der Waals surface area contributed by atoms with Gasteiger partial charge in [0.1, 0.15) is 0 Å². The first-order valence-electron chi connectivity index (χ1n) is 7.32. The van der Waals surface area contributed by atoms with E-state index < -0.39 is 15.9 Å². The number of rotatable bonds is 6. The lowest BCUT2D eigenvalue weighted by Crippen LogP contribution is -2.38. The Balaban J connectivity index is 1.94. The van der Waals surface area contributed by atoms with Gasteiger partial charge in [-0.3, -0.25) is 9.48 Å². The monoisotopic (exact) mass is 335 g/mol. The summed E-state index contributed by atoms with van der Waals surface area (Å²) < 4.78 is 26.3. The van der Waals surface area contributed by atoms with E-state index in [1.165, 1.54) is 0 Å². The number of nitrogens with one attached hydrogen (secondary N) is 1. The van der Waals surface area contributed by atoms with Crippen molar-refractivity contribution in [2.75, 3.05) is 5.75 Å². The summed E-state index contributed by atoms with van der Waals surface area (Å²) in [4.78, 5) is 12.2. The Bertz CT molecular complexity index is 779. The molecule has 1 unspecified atom stereocenters. The largest absolute Gasteiger partial charge is 0.352 e. The van der Waals surface area contributed by atoms with Gasteiger partial charge < -0.3 is 5.32 Å². The number of amides is 1. The fraction of sp³-hybridized carbons (Fsp3) is 0.375. The van der Waals surface area contributed by atoms with Crippen LogP contribution >= 0.6 is 0 Å². The number of sulfone groups is 1. The SMILES string of the molecule is Cc1ccc(S(=O)(=O)CC(C)NC(=O)Cc2cnn(C)c2)cc1. The van der Waals surface area contributed by atoms with Gasteiger partial charge in [0.15, 0.2) is 9.84 Å². The molecule has 0 aliphatic rings. The van der Waals surface area contributed by atoms with Crippen molar-refractivity contribution in [2.24, 2.45) is 7.05 Å². The number of hydrogen-bond acceptors (Lipinski definition) is 4. The standard InChI is InChI=1S/C16H21N3O3S/c1-12-4-6-15(7-5-12)23(21,22)11-13(2)18-16(20)8-14-9-17-19(3)10-14/h4-7,9-10,13H,8,11H2,1-3H3,(H,18,20). The van der Waals surface area contributed by atoms with Gasteiger partial charge in [-0.1, -0.05) is 17.7 Å². The molecule has 0 aliphatic heterocycles. The number of carbonyl (C=O) groups excluding carboxylic acids is 1. The highest BCUT2D eigenvalue weighted by Gasteiger charge is 2.19. The molecule has 23 heavy (non-hydrogen) atoms. The third kappa shape index (κ3) is 4.92. The van der Waals surface area contributed by atoms with E-state index in [-0.39, 0.29) is 23.0 Å². The van der Waals surface area contributed by atoms with Gasteiger partial charge in [-0.15, -0.1) is 0 Å². The molecule has 124 valence electrons. The fourth-order valence-corrected chi connectivity index (χ4v) is 3.77. The first-order chi connectivity index (χ1) is 10.8. The summed E-state index contributed by atoms with van der Waals surface area (Å²) in [5.41, 5.74) is 1.79. The minimum Gasteiger partial charge on any atom is -0.352 e. The van der Waals surface area contributed by atoms with Crippen LogP contribution in [0, 0.1) is 6.92 Å². The molecular formula is C16H21N3O3S. The van der Waals surface area contributed by atoms with Gasteiger partial charge in [-0.05, 0) is 31.5 Å². The van der Waals surface area contributed by atoms with Gasteiger partial charge in [-0.2, -0.15) is 5.10 Å². The molecule has 1 amide bonds. The molecule has 1 aromatic heterocycles. The maximum absolute atomic E-state index is 12.3. The van der Waals surface area contributed by atoms with Crippen LogP contribution in [0.1, 0.15) is 18.1 Å². The summed E-state index contributed by atoms with van der Waals surface area (Å²) in [6.07, 6.45) is 3.56. The highest BCUT2D eigenvalue weighted by atomic mass is 32.2. The average molecular weight is 335 g/mol. The molecule has 1 atom stereocenters.